The van der Waals surface area contributed by atoms with Crippen molar-refractivity contribution in [1.29, 1.82) is 0 Å². The van der Waals surface area contributed by atoms with Gasteiger partial charge in [0, 0.05) is 12.2 Å². The highest BCUT2D eigenvalue weighted by Crippen LogP contribution is 2.35. The fourth-order valence-electron chi connectivity index (χ4n) is 2.73. The Hall–Kier alpha value is -2.81. The van der Waals surface area contributed by atoms with Gasteiger partial charge in [-0.1, -0.05) is 19.1 Å². The number of H-pyrrole nitrogens is 1. The van der Waals surface area contributed by atoms with Gasteiger partial charge in [-0.05, 0) is 44.0 Å². The standard InChI is InChI=1S/C20H23F3N2O4/c1-4-19(3,29-5-2)11-28-13-8-6-12(7-9-13)14-10-15(17(24)26)18(27)25-16(14)20(21,22)23/h6-10H,4-5,11H2,1-3H3,(H2,24,26)(H,25,27). The van der Waals surface area contributed by atoms with E-state index in [0.29, 0.717) is 12.4 Å². The molecule has 1 heterocycles. The molecule has 0 saturated carbocycles. The highest BCUT2D eigenvalue weighted by molar-refractivity contribution is 5.93. The summed E-state index contributed by atoms with van der Waals surface area (Å²) in [7, 11) is 0. The van der Waals surface area contributed by atoms with Crippen molar-refractivity contribution in [2.45, 2.75) is 39.0 Å². The number of rotatable bonds is 8. The maximum Gasteiger partial charge on any atom is 0.431 e. The summed E-state index contributed by atoms with van der Waals surface area (Å²) in [5.41, 5.74) is 1.40. The number of carbonyl (C=O) groups is 1. The molecule has 29 heavy (non-hydrogen) atoms. The minimum Gasteiger partial charge on any atom is -0.491 e. The zero-order valence-corrected chi connectivity index (χ0v) is 16.4. The van der Waals surface area contributed by atoms with Crippen LogP contribution in [0.25, 0.3) is 11.1 Å². The topological polar surface area (TPSA) is 94.4 Å². The Kier molecular flexibility index (Phi) is 6.73. The van der Waals surface area contributed by atoms with E-state index < -0.39 is 34.5 Å². The third-order valence-corrected chi connectivity index (χ3v) is 4.54. The lowest BCUT2D eigenvalue weighted by atomic mass is 10.0. The van der Waals surface area contributed by atoms with Gasteiger partial charge in [-0.25, -0.2) is 0 Å². The lowest BCUT2D eigenvalue weighted by Crippen LogP contribution is -2.35. The highest BCUT2D eigenvalue weighted by atomic mass is 19.4. The van der Waals surface area contributed by atoms with Crippen LogP contribution >= 0.6 is 0 Å². The molecule has 1 amide bonds. The maximum absolute atomic E-state index is 13.4. The predicted molar refractivity (Wildman–Crippen MR) is 102 cm³/mol. The van der Waals surface area contributed by atoms with Crippen LogP contribution in [-0.2, 0) is 10.9 Å². The molecular weight excluding hydrogens is 389 g/mol. The van der Waals surface area contributed by atoms with Crippen LogP contribution in [0.3, 0.4) is 0 Å². The van der Waals surface area contributed by atoms with Crippen molar-refractivity contribution in [1.82, 2.24) is 4.98 Å². The van der Waals surface area contributed by atoms with E-state index in [9.17, 15) is 22.8 Å². The average molecular weight is 412 g/mol. The number of nitrogens with two attached hydrogens (primary N) is 1. The van der Waals surface area contributed by atoms with Gasteiger partial charge >= 0.3 is 6.18 Å². The van der Waals surface area contributed by atoms with Crippen LogP contribution in [0.2, 0.25) is 0 Å². The number of hydrogen-bond acceptors (Lipinski definition) is 4. The molecule has 0 fully saturated rings. The number of hydrogen-bond donors (Lipinski definition) is 2. The minimum atomic E-state index is -4.82. The second kappa shape index (κ2) is 8.69. The van der Waals surface area contributed by atoms with E-state index in [0.717, 1.165) is 12.5 Å². The molecule has 6 nitrogen and oxygen atoms in total. The fourth-order valence-corrected chi connectivity index (χ4v) is 2.73. The van der Waals surface area contributed by atoms with E-state index in [4.69, 9.17) is 15.2 Å². The largest absolute Gasteiger partial charge is 0.491 e. The fraction of sp³-hybridized carbons (Fsp3) is 0.400. The highest BCUT2D eigenvalue weighted by Gasteiger charge is 2.36. The normalized spacial score (nSPS) is 13.7. The van der Waals surface area contributed by atoms with Crippen LogP contribution in [-0.4, -0.2) is 29.7 Å². The first-order chi connectivity index (χ1) is 13.5. The van der Waals surface area contributed by atoms with Crippen LogP contribution in [0, 0.1) is 0 Å². The van der Waals surface area contributed by atoms with Crippen molar-refractivity contribution in [2.75, 3.05) is 13.2 Å². The molecule has 2 rings (SSSR count). The van der Waals surface area contributed by atoms with Crippen LogP contribution in [0.4, 0.5) is 13.2 Å². The Balaban J connectivity index is 2.37. The molecule has 0 spiro atoms. The first-order valence-corrected chi connectivity index (χ1v) is 9.02. The Morgan fingerprint density at radius 1 is 1.17 bits per heavy atom. The number of amides is 1. The van der Waals surface area contributed by atoms with Gasteiger partial charge < -0.3 is 20.2 Å². The van der Waals surface area contributed by atoms with Crippen LogP contribution < -0.4 is 16.0 Å². The molecule has 0 aliphatic heterocycles. The number of alkyl halides is 3. The quantitative estimate of drug-likeness (QED) is 0.691. The van der Waals surface area contributed by atoms with Crippen LogP contribution in [0.15, 0.2) is 35.1 Å². The zero-order valence-electron chi connectivity index (χ0n) is 16.4. The number of carbonyl (C=O) groups excluding carboxylic acids is 1. The summed E-state index contributed by atoms with van der Waals surface area (Å²) in [4.78, 5) is 24.8. The maximum atomic E-state index is 13.4. The van der Waals surface area contributed by atoms with Crippen molar-refractivity contribution in [3.63, 3.8) is 0 Å². The summed E-state index contributed by atoms with van der Waals surface area (Å²) in [6, 6.07) is 6.68. The van der Waals surface area contributed by atoms with Gasteiger partial charge in [0.25, 0.3) is 11.5 Å². The molecule has 0 bridgehead atoms. The number of aromatic nitrogens is 1. The van der Waals surface area contributed by atoms with Gasteiger partial charge in [-0.15, -0.1) is 0 Å². The first-order valence-electron chi connectivity index (χ1n) is 9.02. The van der Waals surface area contributed by atoms with E-state index >= 15 is 0 Å². The molecule has 158 valence electrons. The monoisotopic (exact) mass is 412 g/mol. The number of ether oxygens (including phenoxy) is 2. The summed E-state index contributed by atoms with van der Waals surface area (Å²) < 4.78 is 51.5. The molecule has 1 unspecified atom stereocenters. The summed E-state index contributed by atoms with van der Waals surface area (Å²) in [6.07, 6.45) is -4.10. The molecule has 1 atom stereocenters. The summed E-state index contributed by atoms with van der Waals surface area (Å²) >= 11 is 0. The van der Waals surface area contributed by atoms with Crippen molar-refractivity contribution in [2.24, 2.45) is 5.73 Å². The Morgan fingerprint density at radius 3 is 2.28 bits per heavy atom. The first kappa shape index (κ1) is 22.5. The van der Waals surface area contributed by atoms with Crippen molar-refractivity contribution in [3.8, 4) is 16.9 Å². The third kappa shape index (κ3) is 5.38. The number of aromatic amines is 1. The zero-order chi connectivity index (χ0) is 21.8. The summed E-state index contributed by atoms with van der Waals surface area (Å²) in [6.45, 7) is 6.56. The molecule has 0 aliphatic carbocycles. The Labute approximate surface area is 165 Å². The van der Waals surface area contributed by atoms with Crippen molar-refractivity contribution in [3.05, 3.63) is 51.9 Å². The number of nitrogens with one attached hydrogen (secondary N) is 1. The average Bonchev–Trinajstić information content (AvgIpc) is 2.66. The van der Waals surface area contributed by atoms with Gasteiger partial charge in [-0.3, -0.25) is 9.59 Å². The molecule has 0 aliphatic rings. The van der Waals surface area contributed by atoms with Gasteiger partial charge in [0.05, 0.1) is 5.60 Å². The number of benzene rings is 1. The number of primary amides is 1. The molecule has 3 N–H and O–H groups in total. The molecular formula is C20H23F3N2O4. The minimum absolute atomic E-state index is 0.145. The number of halogens is 3. The van der Waals surface area contributed by atoms with Crippen LogP contribution in [0.1, 0.15) is 43.2 Å². The smallest absolute Gasteiger partial charge is 0.431 e. The molecule has 1 aromatic carbocycles. The number of pyridine rings is 1. The van der Waals surface area contributed by atoms with E-state index in [1.54, 1.807) is 4.98 Å². The van der Waals surface area contributed by atoms with Gasteiger partial charge in [0.1, 0.15) is 23.6 Å². The van der Waals surface area contributed by atoms with Crippen molar-refractivity contribution < 1.29 is 27.4 Å². The van der Waals surface area contributed by atoms with E-state index in [1.807, 2.05) is 20.8 Å². The van der Waals surface area contributed by atoms with Gasteiger partial charge in [0.15, 0.2) is 0 Å². The summed E-state index contributed by atoms with van der Waals surface area (Å²) in [5.74, 6) is -0.669. The van der Waals surface area contributed by atoms with Crippen LogP contribution in [0.5, 0.6) is 5.75 Å². The lowest BCUT2D eigenvalue weighted by Gasteiger charge is -2.28. The van der Waals surface area contributed by atoms with Gasteiger partial charge in [-0.2, -0.15) is 13.2 Å². The van der Waals surface area contributed by atoms with E-state index in [1.165, 1.54) is 24.3 Å². The van der Waals surface area contributed by atoms with E-state index in [2.05, 4.69) is 0 Å². The Bertz CT molecular complexity index is 923. The predicted octanol–water partition coefficient (Wildman–Crippen LogP) is 3.74. The molecule has 9 heteroatoms. The van der Waals surface area contributed by atoms with Gasteiger partial charge in [0.2, 0.25) is 0 Å². The summed E-state index contributed by atoms with van der Waals surface area (Å²) in [5, 5.41) is 0. The lowest BCUT2D eigenvalue weighted by molar-refractivity contribution is -0.140. The molecule has 0 radical (unpaired) electrons. The Morgan fingerprint density at radius 2 is 1.79 bits per heavy atom. The second-order valence-corrected chi connectivity index (χ2v) is 6.71. The van der Waals surface area contributed by atoms with E-state index in [-0.39, 0.29) is 17.7 Å². The molecule has 1 aromatic heterocycles. The molecule has 2 aromatic rings. The van der Waals surface area contributed by atoms with Crippen molar-refractivity contribution >= 4 is 5.91 Å². The third-order valence-electron chi connectivity index (χ3n) is 4.54. The second-order valence-electron chi connectivity index (χ2n) is 6.71. The molecule has 0 saturated heterocycles. The SMILES string of the molecule is CCOC(C)(CC)COc1ccc(-c2cc(C(N)=O)c(=O)[nH]c2C(F)(F)F)cc1.